The SMILES string of the molecule is CCCCCCCCCCOCCOCCOCCOCCOC. The minimum atomic E-state index is 0.599. The zero-order valence-electron chi connectivity index (χ0n) is 16.1. The van der Waals surface area contributed by atoms with Crippen molar-refractivity contribution in [2.45, 2.75) is 58.3 Å². The summed E-state index contributed by atoms with van der Waals surface area (Å²) in [5, 5.41) is 0. The molecule has 0 spiro atoms. The minimum Gasteiger partial charge on any atom is -0.382 e. The zero-order valence-corrected chi connectivity index (χ0v) is 16.1. The van der Waals surface area contributed by atoms with Crippen LogP contribution in [0.5, 0.6) is 0 Å². The fraction of sp³-hybridized carbons (Fsp3) is 1.00. The summed E-state index contributed by atoms with van der Waals surface area (Å²) in [6.45, 7) is 8.09. The third kappa shape index (κ3) is 21.8. The van der Waals surface area contributed by atoms with Crippen molar-refractivity contribution in [1.29, 1.82) is 0 Å². The Morgan fingerprint density at radius 3 is 1.25 bits per heavy atom. The van der Waals surface area contributed by atoms with Gasteiger partial charge in [0.15, 0.2) is 0 Å². The van der Waals surface area contributed by atoms with Gasteiger partial charge in [-0.15, -0.1) is 0 Å². The van der Waals surface area contributed by atoms with Crippen molar-refractivity contribution >= 4 is 0 Å². The summed E-state index contributed by atoms with van der Waals surface area (Å²) in [6, 6.07) is 0. The van der Waals surface area contributed by atoms with Crippen LogP contribution in [0.4, 0.5) is 0 Å². The monoisotopic (exact) mass is 348 g/mol. The lowest BCUT2D eigenvalue weighted by atomic mass is 10.1. The van der Waals surface area contributed by atoms with Gasteiger partial charge in [0.1, 0.15) is 0 Å². The summed E-state index contributed by atoms with van der Waals surface area (Å²) in [7, 11) is 1.66. The molecule has 0 bridgehead atoms. The zero-order chi connectivity index (χ0) is 17.6. The van der Waals surface area contributed by atoms with Crippen LogP contribution in [-0.2, 0) is 23.7 Å². The summed E-state index contributed by atoms with van der Waals surface area (Å²) in [5.74, 6) is 0. The maximum atomic E-state index is 5.56. The lowest BCUT2D eigenvalue weighted by molar-refractivity contribution is -0.00800. The highest BCUT2D eigenvalue weighted by Gasteiger charge is 1.94. The maximum absolute atomic E-state index is 5.56. The highest BCUT2D eigenvalue weighted by atomic mass is 16.6. The molecule has 0 aromatic heterocycles. The second-order valence-electron chi connectivity index (χ2n) is 5.92. The van der Waals surface area contributed by atoms with E-state index in [0.29, 0.717) is 52.9 Å². The highest BCUT2D eigenvalue weighted by molar-refractivity contribution is 4.46. The van der Waals surface area contributed by atoms with Crippen LogP contribution in [0.1, 0.15) is 58.3 Å². The Balaban J connectivity index is 2.93. The van der Waals surface area contributed by atoms with Gasteiger partial charge in [-0.3, -0.25) is 0 Å². The molecule has 0 N–H and O–H groups in total. The van der Waals surface area contributed by atoms with E-state index < -0.39 is 0 Å². The van der Waals surface area contributed by atoms with Gasteiger partial charge in [-0.05, 0) is 6.42 Å². The number of ether oxygens (including phenoxy) is 5. The van der Waals surface area contributed by atoms with Crippen molar-refractivity contribution in [2.75, 3.05) is 66.6 Å². The second kappa shape index (κ2) is 22.8. The summed E-state index contributed by atoms with van der Waals surface area (Å²) in [6.07, 6.45) is 10.7. The van der Waals surface area contributed by atoms with Crippen LogP contribution >= 0.6 is 0 Å². The van der Waals surface area contributed by atoms with Crippen LogP contribution in [0.3, 0.4) is 0 Å². The molecule has 0 aromatic rings. The lowest BCUT2D eigenvalue weighted by Gasteiger charge is -2.07. The number of methoxy groups -OCH3 is 1. The van der Waals surface area contributed by atoms with Crippen LogP contribution in [0.2, 0.25) is 0 Å². The van der Waals surface area contributed by atoms with Gasteiger partial charge in [-0.25, -0.2) is 0 Å². The summed E-state index contributed by atoms with van der Waals surface area (Å²) in [4.78, 5) is 0. The number of hydrogen-bond acceptors (Lipinski definition) is 5. The first kappa shape index (κ1) is 23.8. The standard InChI is InChI=1S/C19H40O5/c1-3-4-5-6-7-8-9-10-11-21-14-15-23-18-19-24-17-16-22-13-12-20-2/h3-19H2,1-2H3. The molecule has 0 saturated heterocycles. The van der Waals surface area contributed by atoms with Gasteiger partial charge < -0.3 is 23.7 Å². The van der Waals surface area contributed by atoms with E-state index in [1.165, 1.54) is 51.4 Å². The molecule has 0 unspecified atom stereocenters. The summed E-state index contributed by atoms with van der Waals surface area (Å²) >= 11 is 0. The quantitative estimate of drug-likeness (QED) is 0.295. The molecule has 0 aromatic carbocycles. The summed E-state index contributed by atoms with van der Waals surface area (Å²) in [5.41, 5.74) is 0. The molecule has 5 heteroatoms. The van der Waals surface area contributed by atoms with E-state index in [-0.39, 0.29) is 0 Å². The molecule has 24 heavy (non-hydrogen) atoms. The van der Waals surface area contributed by atoms with Gasteiger partial charge in [-0.2, -0.15) is 0 Å². The Kier molecular flexibility index (Phi) is 22.6. The smallest absolute Gasteiger partial charge is 0.0701 e. The molecule has 0 aliphatic rings. The topological polar surface area (TPSA) is 46.2 Å². The second-order valence-corrected chi connectivity index (χ2v) is 5.92. The minimum absolute atomic E-state index is 0.599. The largest absolute Gasteiger partial charge is 0.382 e. The molecule has 0 atom stereocenters. The van der Waals surface area contributed by atoms with Crippen molar-refractivity contribution in [2.24, 2.45) is 0 Å². The molecule has 0 radical (unpaired) electrons. The van der Waals surface area contributed by atoms with Crippen LogP contribution in [-0.4, -0.2) is 66.6 Å². The van der Waals surface area contributed by atoms with Gasteiger partial charge in [-0.1, -0.05) is 51.9 Å². The van der Waals surface area contributed by atoms with Crippen LogP contribution in [0.25, 0.3) is 0 Å². The Hall–Kier alpha value is -0.200. The molecular formula is C19H40O5. The van der Waals surface area contributed by atoms with Crippen molar-refractivity contribution < 1.29 is 23.7 Å². The Bertz CT molecular complexity index is 192. The molecule has 0 amide bonds. The molecule has 0 saturated carbocycles. The molecular weight excluding hydrogens is 308 g/mol. The van der Waals surface area contributed by atoms with E-state index >= 15 is 0 Å². The van der Waals surface area contributed by atoms with E-state index in [1.807, 2.05) is 0 Å². The molecule has 0 rings (SSSR count). The predicted octanol–water partition coefficient (Wildman–Crippen LogP) is 3.84. The summed E-state index contributed by atoms with van der Waals surface area (Å²) < 4.78 is 26.6. The van der Waals surface area contributed by atoms with Crippen molar-refractivity contribution in [3.05, 3.63) is 0 Å². The van der Waals surface area contributed by atoms with Crippen LogP contribution < -0.4 is 0 Å². The van der Waals surface area contributed by atoms with Crippen LogP contribution in [0.15, 0.2) is 0 Å². The normalized spacial score (nSPS) is 11.2. The average Bonchev–Trinajstić information content (AvgIpc) is 2.60. The van der Waals surface area contributed by atoms with Gasteiger partial charge in [0.2, 0.25) is 0 Å². The van der Waals surface area contributed by atoms with Gasteiger partial charge in [0.25, 0.3) is 0 Å². The molecule has 0 aliphatic heterocycles. The lowest BCUT2D eigenvalue weighted by Crippen LogP contribution is -2.13. The first-order valence-corrected chi connectivity index (χ1v) is 9.71. The van der Waals surface area contributed by atoms with E-state index in [2.05, 4.69) is 6.92 Å². The third-order valence-corrected chi connectivity index (χ3v) is 3.69. The van der Waals surface area contributed by atoms with Gasteiger partial charge in [0.05, 0.1) is 52.9 Å². The van der Waals surface area contributed by atoms with Crippen LogP contribution in [0, 0.1) is 0 Å². The maximum Gasteiger partial charge on any atom is 0.0701 e. The molecule has 0 aliphatic carbocycles. The fourth-order valence-corrected chi connectivity index (χ4v) is 2.24. The number of unbranched alkanes of at least 4 members (excludes halogenated alkanes) is 7. The number of rotatable bonds is 21. The van der Waals surface area contributed by atoms with E-state index in [4.69, 9.17) is 23.7 Å². The van der Waals surface area contributed by atoms with E-state index in [1.54, 1.807) is 7.11 Å². The third-order valence-electron chi connectivity index (χ3n) is 3.69. The molecule has 0 heterocycles. The molecule has 5 nitrogen and oxygen atoms in total. The predicted molar refractivity (Wildman–Crippen MR) is 97.8 cm³/mol. The van der Waals surface area contributed by atoms with Gasteiger partial charge in [0, 0.05) is 13.7 Å². The van der Waals surface area contributed by atoms with Crippen molar-refractivity contribution in [1.82, 2.24) is 0 Å². The molecule has 146 valence electrons. The molecule has 0 fully saturated rings. The van der Waals surface area contributed by atoms with E-state index in [9.17, 15) is 0 Å². The number of hydrogen-bond donors (Lipinski definition) is 0. The Labute approximate surface area is 149 Å². The first-order valence-electron chi connectivity index (χ1n) is 9.71. The fourth-order valence-electron chi connectivity index (χ4n) is 2.24. The first-order chi connectivity index (χ1) is 11.9. The highest BCUT2D eigenvalue weighted by Crippen LogP contribution is 2.08. The average molecular weight is 349 g/mol. The van der Waals surface area contributed by atoms with E-state index in [0.717, 1.165) is 6.61 Å². The van der Waals surface area contributed by atoms with Gasteiger partial charge >= 0.3 is 0 Å². The Morgan fingerprint density at radius 2 is 0.792 bits per heavy atom. The Morgan fingerprint density at radius 1 is 0.417 bits per heavy atom. The van der Waals surface area contributed by atoms with Crippen molar-refractivity contribution in [3.8, 4) is 0 Å². The van der Waals surface area contributed by atoms with Crippen molar-refractivity contribution in [3.63, 3.8) is 0 Å².